The maximum atomic E-state index is 12.3. The maximum Gasteiger partial charge on any atom is 0.292 e. The molecule has 0 aliphatic carbocycles. The molecule has 2 aromatic rings. The first-order chi connectivity index (χ1) is 11.5. The van der Waals surface area contributed by atoms with Crippen molar-refractivity contribution >= 4 is 23.0 Å². The van der Waals surface area contributed by atoms with E-state index < -0.39 is 11.0 Å². The third kappa shape index (κ3) is 4.55. The van der Waals surface area contributed by atoms with Crippen molar-refractivity contribution in [2.24, 2.45) is 0 Å². The molecular weight excluding hydrogens is 306 g/mol. The Morgan fingerprint density at radius 1 is 1.17 bits per heavy atom. The topological polar surface area (TPSA) is 84.3 Å². The molecule has 2 rings (SSSR count). The molecule has 0 radical (unpaired) electrons. The summed E-state index contributed by atoms with van der Waals surface area (Å²) < 4.78 is 0. The van der Waals surface area contributed by atoms with Crippen molar-refractivity contribution in [3.8, 4) is 0 Å². The van der Waals surface area contributed by atoms with E-state index in [4.69, 9.17) is 0 Å². The molecule has 0 aromatic heterocycles. The summed E-state index contributed by atoms with van der Waals surface area (Å²) in [7, 11) is 0. The second-order valence-electron chi connectivity index (χ2n) is 5.58. The van der Waals surface area contributed by atoms with Gasteiger partial charge in [0.2, 0.25) is 5.91 Å². The molecule has 6 heteroatoms. The van der Waals surface area contributed by atoms with Crippen LogP contribution in [0.15, 0.2) is 48.5 Å². The van der Waals surface area contributed by atoms with Gasteiger partial charge in [-0.05, 0) is 37.1 Å². The van der Waals surface area contributed by atoms with Gasteiger partial charge in [0.05, 0.1) is 4.92 Å². The number of anilines is 2. The van der Waals surface area contributed by atoms with Gasteiger partial charge in [0.1, 0.15) is 11.7 Å². The molecule has 0 unspecified atom stereocenters. The van der Waals surface area contributed by atoms with Crippen LogP contribution in [0.3, 0.4) is 0 Å². The van der Waals surface area contributed by atoms with Crippen molar-refractivity contribution in [1.29, 1.82) is 0 Å². The Morgan fingerprint density at radius 2 is 1.83 bits per heavy atom. The monoisotopic (exact) mass is 327 g/mol. The Morgan fingerprint density at radius 3 is 2.46 bits per heavy atom. The van der Waals surface area contributed by atoms with Gasteiger partial charge in [0.15, 0.2) is 0 Å². The molecule has 0 fully saturated rings. The normalized spacial score (nSPS) is 11.6. The molecule has 126 valence electrons. The Bertz CT molecular complexity index is 714. The third-order valence-corrected chi connectivity index (χ3v) is 3.63. The summed E-state index contributed by atoms with van der Waals surface area (Å²) in [6.45, 7) is 3.84. The minimum atomic E-state index is -0.526. The van der Waals surface area contributed by atoms with Gasteiger partial charge in [0.25, 0.3) is 5.69 Å². The lowest BCUT2D eigenvalue weighted by Gasteiger charge is -2.15. The minimum Gasteiger partial charge on any atom is -0.374 e. The average Bonchev–Trinajstić information content (AvgIpc) is 2.57. The SMILES string of the molecule is CCCc1ccc(N[C@@H](C)C(=O)Nc2ccccc2[N+](=O)[O-])cc1. The second-order valence-corrected chi connectivity index (χ2v) is 5.58. The van der Waals surface area contributed by atoms with Crippen LogP contribution in [0.5, 0.6) is 0 Å². The molecule has 0 heterocycles. The van der Waals surface area contributed by atoms with Crippen LogP contribution in [0.4, 0.5) is 17.1 Å². The van der Waals surface area contributed by atoms with Gasteiger partial charge in [-0.1, -0.05) is 37.6 Å². The Kier molecular flexibility index (Phi) is 5.89. The largest absolute Gasteiger partial charge is 0.374 e. The van der Waals surface area contributed by atoms with Gasteiger partial charge < -0.3 is 10.6 Å². The van der Waals surface area contributed by atoms with E-state index in [0.717, 1.165) is 18.5 Å². The molecule has 0 saturated carbocycles. The second kappa shape index (κ2) is 8.10. The smallest absolute Gasteiger partial charge is 0.292 e. The van der Waals surface area contributed by atoms with Crippen LogP contribution in [-0.2, 0) is 11.2 Å². The number of rotatable bonds is 7. The van der Waals surface area contributed by atoms with E-state index in [-0.39, 0.29) is 17.3 Å². The fourth-order valence-electron chi connectivity index (χ4n) is 2.35. The molecule has 0 aliphatic heterocycles. The molecule has 0 spiro atoms. The van der Waals surface area contributed by atoms with Gasteiger partial charge in [0, 0.05) is 11.8 Å². The summed E-state index contributed by atoms with van der Waals surface area (Å²) in [5, 5.41) is 16.7. The highest BCUT2D eigenvalue weighted by Gasteiger charge is 2.18. The number of carbonyl (C=O) groups excluding carboxylic acids is 1. The van der Waals surface area contributed by atoms with Gasteiger partial charge in [-0.2, -0.15) is 0 Å². The van der Waals surface area contributed by atoms with Crippen molar-refractivity contribution in [1.82, 2.24) is 0 Å². The number of nitrogens with zero attached hydrogens (tertiary/aromatic N) is 1. The molecular formula is C18H21N3O3. The van der Waals surface area contributed by atoms with Crippen LogP contribution >= 0.6 is 0 Å². The Balaban J connectivity index is 2.01. The lowest BCUT2D eigenvalue weighted by Crippen LogP contribution is -2.32. The van der Waals surface area contributed by atoms with Crippen LogP contribution in [0.1, 0.15) is 25.8 Å². The van der Waals surface area contributed by atoms with E-state index in [9.17, 15) is 14.9 Å². The first-order valence-corrected chi connectivity index (χ1v) is 7.91. The number of amides is 1. The molecule has 24 heavy (non-hydrogen) atoms. The number of hydrogen-bond acceptors (Lipinski definition) is 4. The van der Waals surface area contributed by atoms with Crippen LogP contribution in [0, 0.1) is 10.1 Å². The van der Waals surface area contributed by atoms with Crippen LogP contribution in [0.25, 0.3) is 0 Å². The molecule has 0 aliphatic rings. The zero-order valence-electron chi connectivity index (χ0n) is 13.8. The zero-order valence-corrected chi connectivity index (χ0v) is 13.8. The summed E-state index contributed by atoms with van der Waals surface area (Å²) in [6, 6.07) is 13.5. The van der Waals surface area contributed by atoms with E-state index in [1.54, 1.807) is 19.1 Å². The predicted molar refractivity (Wildman–Crippen MR) is 95.2 cm³/mol. The van der Waals surface area contributed by atoms with Gasteiger partial charge in [-0.25, -0.2) is 0 Å². The fourth-order valence-corrected chi connectivity index (χ4v) is 2.35. The quantitative estimate of drug-likeness (QED) is 0.595. The van der Waals surface area contributed by atoms with Gasteiger partial charge in [-0.15, -0.1) is 0 Å². The highest BCUT2D eigenvalue weighted by molar-refractivity contribution is 5.97. The van der Waals surface area contributed by atoms with Crippen molar-refractivity contribution < 1.29 is 9.72 Å². The van der Waals surface area contributed by atoms with Crippen LogP contribution in [-0.4, -0.2) is 16.9 Å². The molecule has 2 aromatic carbocycles. The van der Waals surface area contributed by atoms with E-state index >= 15 is 0 Å². The average molecular weight is 327 g/mol. The van der Waals surface area contributed by atoms with E-state index in [0.29, 0.717) is 0 Å². The number of nitro benzene ring substituents is 1. The number of carbonyl (C=O) groups is 1. The summed E-state index contributed by atoms with van der Waals surface area (Å²) in [5.74, 6) is -0.332. The summed E-state index contributed by atoms with van der Waals surface area (Å²) in [5.41, 5.74) is 2.15. The highest BCUT2D eigenvalue weighted by atomic mass is 16.6. The number of hydrogen-bond donors (Lipinski definition) is 2. The lowest BCUT2D eigenvalue weighted by molar-refractivity contribution is -0.383. The summed E-state index contributed by atoms with van der Waals surface area (Å²) in [4.78, 5) is 22.7. The van der Waals surface area contributed by atoms with E-state index in [1.165, 1.54) is 17.7 Å². The molecule has 1 atom stereocenters. The number of aryl methyl sites for hydroxylation is 1. The van der Waals surface area contributed by atoms with Crippen molar-refractivity contribution in [2.45, 2.75) is 32.7 Å². The third-order valence-electron chi connectivity index (χ3n) is 3.63. The molecule has 0 bridgehead atoms. The molecule has 2 N–H and O–H groups in total. The maximum absolute atomic E-state index is 12.3. The molecule has 6 nitrogen and oxygen atoms in total. The minimum absolute atomic E-state index is 0.123. The predicted octanol–water partition coefficient (Wildman–Crippen LogP) is 3.99. The van der Waals surface area contributed by atoms with E-state index in [2.05, 4.69) is 17.6 Å². The molecule has 0 saturated heterocycles. The van der Waals surface area contributed by atoms with Crippen molar-refractivity contribution in [2.75, 3.05) is 10.6 Å². The molecule has 1 amide bonds. The first kappa shape index (κ1) is 17.5. The van der Waals surface area contributed by atoms with Crippen LogP contribution in [0.2, 0.25) is 0 Å². The lowest BCUT2D eigenvalue weighted by atomic mass is 10.1. The number of nitro groups is 1. The standard InChI is InChI=1S/C18H21N3O3/c1-3-6-14-9-11-15(12-10-14)19-13(2)18(22)20-16-7-4-5-8-17(16)21(23)24/h4-5,7-13,19H,3,6H2,1-2H3,(H,20,22)/t13-/m0/s1. The number of benzene rings is 2. The van der Waals surface area contributed by atoms with Crippen molar-refractivity contribution in [3.05, 3.63) is 64.2 Å². The van der Waals surface area contributed by atoms with Crippen LogP contribution < -0.4 is 10.6 Å². The summed E-state index contributed by atoms with van der Waals surface area (Å²) in [6.07, 6.45) is 2.11. The number of nitrogens with one attached hydrogen (secondary N) is 2. The zero-order chi connectivity index (χ0) is 17.5. The van der Waals surface area contributed by atoms with Gasteiger partial charge in [-0.3, -0.25) is 14.9 Å². The summed E-state index contributed by atoms with van der Waals surface area (Å²) >= 11 is 0. The number of para-hydroxylation sites is 2. The van der Waals surface area contributed by atoms with Gasteiger partial charge >= 0.3 is 0 Å². The van der Waals surface area contributed by atoms with Crippen molar-refractivity contribution in [3.63, 3.8) is 0 Å². The Labute approximate surface area is 141 Å². The van der Waals surface area contributed by atoms with E-state index in [1.807, 2.05) is 24.3 Å². The Hall–Kier alpha value is -2.89. The highest BCUT2D eigenvalue weighted by Crippen LogP contribution is 2.23. The fraction of sp³-hybridized carbons (Fsp3) is 0.278. The first-order valence-electron chi connectivity index (χ1n) is 7.91.